The van der Waals surface area contributed by atoms with Gasteiger partial charge >= 0.3 is 0 Å². The van der Waals surface area contributed by atoms with Crippen LogP contribution in [0.3, 0.4) is 0 Å². The molecule has 3 unspecified atom stereocenters. The Kier molecular flexibility index (Phi) is 4.84. The number of nitriles is 1. The van der Waals surface area contributed by atoms with E-state index >= 15 is 0 Å². The van der Waals surface area contributed by atoms with Crippen LogP contribution in [0.4, 0.5) is 0 Å². The summed E-state index contributed by atoms with van der Waals surface area (Å²) in [5, 5.41) is 22.1. The molecule has 5 atom stereocenters. The maximum Gasteiger partial charge on any atom is 0.160 e. The van der Waals surface area contributed by atoms with Crippen molar-refractivity contribution in [2.75, 3.05) is 0 Å². The van der Waals surface area contributed by atoms with Crippen molar-refractivity contribution in [2.45, 2.75) is 44.1 Å². The Morgan fingerprint density at radius 3 is 2.54 bits per heavy atom. The SMILES string of the molecule is N#CC(C(=O)C1C[C@H]2CC(O)C[C@@H](C1)C2)c1nc(-c2ccncc2)cs1. The second-order valence-corrected chi connectivity index (χ2v) is 8.42. The molecule has 2 bridgehead atoms. The summed E-state index contributed by atoms with van der Waals surface area (Å²) < 4.78 is 0. The highest BCUT2D eigenvalue weighted by molar-refractivity contribution is 7.10. The maximum absolute atomic E-state index is 13.1. The van der Waals surface area contributed by atoms with Crippen LogP contribution in [0.2, 0.25) is 0 Å². The average Bonchev–Trinajstić information content (AvgIpc) is 3.12. The van der Waals surface area contributed by atoms with Crippen LogP contribution in [-0.4, -0.2) is 27.0 Å². The van der Waals surface area contributed by atoms with Crippen molar-refractivity contribution in [2.24, 2.45) is 17.8 Å². The van der Waals surface area contributed by atoms with Crippen molar-refractivity contribution < 1.29 is 9.90 Å². The van der Waals surface area contributed by atoms with Crippen LogP contribution in [0.5, 0.6) is 0 Å². The van der Waals surface area contributed by atoms with E-state index in [1.807, 2.05) is 17.5 Å². The quantitative estimate of drug-likeness (QED) is 0.893. The van der Waals surface area contributed by atoms with Crippen LogP contribution in [0.1, 0.15) is 43.0 Å². The number of hydrogen-bond acceptors (Lipinski definition) is 6. The molecule has 26 heavy (non-hydrogen) atoms. The van der Waals surface area contributed by atoms with Gasteiger partial charge in [0.25, 0.3) is 0 Å². The molecule has 0 radical (unpaired) electrons. The van der Waals surface area contributed by atoms with Gasteiger partial charge in [-0.2, -0.15) is 5.26 Å². The Hall–Kier alpha value is -2.10. The topological polar surface area (TPSA) is 86.9 Å². The van der Waals surface area contributed by atoms with Gasteiger partial charge in [0.2, 0.25) is 0 Å². The number of aromatic nitrogens is 2. The fourth-order valence-electron chi connectivity index (χ4n) is 4.60. The number of aliphatic hydroxyl groups is 1. The van der Waals surface area contributed by atoms with Crippen molar-refractivity contribution in [3.8, 4) is 17.3 Å². The van der Waals surface area contributed by atoms with E-state index < -0.39 is 5.92 Å². The number of aliphatic hydroxyl groups excluding tert-OH is 1. The molecule has 0 spiro atoms. The third-order valence-electron chi connectivity index (χ3n) is 5.67. The van der Waals surface area contributed by atoms with E-state index in [-0.39, 0.29) is 17.8 Å². The molecule has 5 nitrogen and oxygen atoms in total. The van der Waals surface area contributed by atoms with Gasteiger partial charge in [-0.25, -0.2) is 4.98 Å². The Bertz CT molecular complexity index is 811. The summed E-state index contributed by atoms with van der Waals surface area (Å²) in [4.78, 5) is 21.6. The number of hydrogen-bond donors (Lipinski definition) is 1. The molecule has 2 saturated carbocycles. The van der Waals surface area contributed by atoms with Crippen LogP contribution >= 0.6 is 11.3 Å². The predicted molar refractivity (Wildman–Crippen MR) is 98.3 cm³/mol. The van der Waals surface area contributed by atoms with Crippen LogP contribution in [0, 0.1) is 29.1 Å². The number of carbonyl (C=O) groups excluding carboxylic acids is 1. The smallest absolute Gasteiger partial charge is 0.160 e. The average molecular weight is 367 g/mol. The number of ketones is 1. The molecule has 2 aromatic heterocycles. The highest BCUT2D eigenvalue weighted by Crippen LogP contribution is 2.44. The van der Waals surface area contributed by atoms with Crippen molar-refractivity contribution in [3.05, 3.63) is 34.9 Å². The lowest BCUT2D eigenvalue weighted by molar-refractivity contribution is -0.126. The van der Waals surface area contributed by atoms with Crippen LogP contribution < -0.4 is 0 Å². The van der Waals surface area contributed by atoms with E-state index in [0.717, 1.165) is 43.4 Å². The summed E-state index contributed by atoms with van der Waals surface area (Å²) in [6.07, 6.45) is 7.49. The third kappa shape index (κ3) is 3.42. The number of Topliss-reactive ketones (excluding diaryl/α,β-unsaturated/α-hetero) is 1. The largest absolute Gasteiger partial charge is 0.393 e. The first-order chi connectivity index (χ1) is 12.6. The zero-order chi connectivity index (χ0) is 18.1. The number of nitrogens with zero attached hydrogens (tertiary/aromatic N) is 3. The maximum atomic E-state index is 13.1. The Morgan fingerprint density at radius 2 is 1.88 bits per heavy atom. The van der Waals surface area contributed by atoms with Gasteiger partial charge in [0, 0.05) is 29.3 Å². The fraction of sp³-hybridized carbons (Fsp3) is 0.500. The molecular formula is C20H21N3O2S. The lowest BCUT2D eigenvalue weighted by Crippen LogP contribution is -2.37. The summed E-state index contributed by atoms with van der Waals surface area (Å²) in [6, 6.07) is 5.93. The molecule has 4 rings (SSSR count). The number of carbonyl (C=O) groups is 1. The van der Waals surface area contributed by atoms with E-state index in [9.17, 15) is 15.2 Å². The Morgan fingerprint density at radius 1 is 1.19 bits per heavy atom. The summed E-state index contributed by atoms with van der Waals surface area (Å²) in [7, 11) is 0. The standard InChI is InChI=1S/C20H21N3O2S/c21-10-17(20-23-18(11-26-20)14-1-3-22-4-2-14)19(25)15-6-12-5-13(7-15)9-16(24)8-12/h1-4,11-13,15-17,24H,5-9H2/t12-,13+,15?,16?,17?. The number of fused-ring (bicyclic) bond motifs is 2. The summed E-state index contributed by atoms with van der Waals surface area (Å²) >= 11 is 1.38. The highest BCUT2D eigenvalue weighted by Gasteiger charge is 2.40. The summed E-state index contributed by atoms with van der Waals surface area (Å²) in [5.41, 5.74) is 1.72. The van der Waals surface area contributed by atoms with Crippen molar-refractivity contribution >= 4 is 17.1 Å². The Labute approximate surface area is 156 Å². The van der Waals surface area contributed by atoms with E-state index in [0.29, 0.717) is 16.8 Å². The van der Waals surface area contributed by atoms with Crippen molar-refractivity contribution in [3.63, 3.8) is 0 Å². The number of rotatable bonds is 4. The molecule has 0 amide bonds. The molecular weight excluding hydrogens is 346 g/mol. The molecule has 1 N–H and O–H groups in total. The monoisotopic (exact) mass is 367 g/mol. The number of pyridine rings is 1. The summed E-state index contributed by atoms with van der Waals surface area (Å²) in [5.74, 6) is -0.0355. The Balaban J connectivity index is 1.52. The fourth-order valence-corrected chi connectivity index (χ4v) is 5.48. The lowest BCUT2D eigenvalue weighted by atomic mass is 9.65. The van der Waals surface area contributed by atoms with Gasteiger partial charge in [0.05, 0.1) is 17.9 Å². The summed E-state index contributed by atoms with van der Waals surface area (Å²) in [6.45, 7) is 0. The minimum Gasteiger partial charge on any atom is -0.393 e. The van der Waals surface area contributed by atoms with Crippen LogP contribution in [-0.2, 0) is 4.79 Å². The second kappa shape index (κ2) is 7.26. The minimum atomic E-state index is -0.788. The van der Waals surface area contributed by atoms with E-state index in [2.05, 4.69) is 16.0 Å². The molecule has 2 heterocycles. The molecule has 0 aliphatic heterocycles. The lowest BCUT2D eigenvalue weighted by Gasteiger charge is -2.40. The second-order valence-electron chi connectivity index (χ2n) is 7.53. The van der Waals surface area contributed by atoms with Gasteiger partial charge in [-0.3, -0.25) is 9.78 Å². The molecule has 134 valence electrons. The first-order valence-corrected chi connectivity index (χ1v) is 9.99. The van der Waals surface area contributed by atoms with Gasteiger partial charge in [-0.05, 0) is 56.1 Å². The normalized spacial score (nSPS) is 28.9. The van der Waals surface area contributed by atoms with Gasteiger partial charge in [0.1, 0.15) is 5.01 Å². The van der Waals surface area contributed by atoms with Gasteiger partial charge < -0.3 is 5.11 Å². The van der Waals surface area contributed by atoms with Crippen LogP contribution in [0.25, 0.3) is 11.3 Å². The molecule has 0 aromatic carbocycles. The molecule has 2 aromatic rings. The molecule has 6 heteroatoms. The van der Waals surface area contributed by atoms with Crippen molar-refractivity contribution in [1.29, 1.82) is 5.26 Å². The van der Waals surface area contributed by atoms with E-state index in [4.69, 9.17) is 0 Å². The van der Waals surface area contributed by atoms with Gasteiger partial charge in [-0.1, -0.05) is 0 Å². The minimum absolute atomic E-state index is 0.00854. The van der Waals surface area contributed by atoms with E-state index in [1.165, 1.54) is 11.3 Å². The third-order valence-corrected chi connectivity index (χ3v) is 6.58. The van der Waals surface area contributed by atoms with Gasteiger partial charge in [-0.15, -0.1) is 11.3 Å². The van der Waals surface area contributed by atoms with Crippen molar-refractivity contribution in [1.82, 2.24) is 9.97 Å². The first-order valence-electron chi connectivity index (χ1n) is 9.11. The van der Waals surface area contributed by atoms with Gasteiger partial charge in [0.15, 0.2) is 11.7 Å². The zero-order valence-electron chi connectivity index (χ0n) is 14.4. The first kappa shape index (κ1) is 17.3. The van der Waals surface area contributed by atoms with Crippen LogP contribution in [0.15, 0.2) is 29.9 Å². The number of thiazole rings is 1. The highest BCUT2D eigenvalue weighted by atomic mass is 32.1. The molecule has 0 saturated heterocycles. The molecule has 2 aliphatic carbocycles. The van der Waals surface area contributed by atoms with E-state index in [1.54, 1.807) is 12.4 Å². The molecule has 2 aliphatic rings. The molecule has 2 fully saturated rings. The zero-order valence-corrected chi connectivity index (χ0v) is 15.2. The predicted octanol–water partition coefficient (Wildman–Crippen LogP) is 3.57.